The lowest BCUT2D eigenvalue weighted by molar-refractivity contribution is -0.144. The van der Waals surface area contributed by atoms with Gasteiger partial charge in [0.2, 0.25) is 5.91 Å². The maximum atomic E-state index is 11.5. The third kappa shape index (κ3) is 1.50. The zero-order chi connectivity index (χ0) is 11.3. The van der Waals surface area contributed by atoms with Gasteiger partial charge in [-0.1, -0.05) is 0 Å². The molecule has 5 atom stereocenters. The quantitative estimate of drug-likeness (QED) is 0.535. The van der Waals surface area contributed by atoms with Crippen molar-refractivity contribution in [2.45, 2.75) is 37.5 Å². The molecule has 5 unspecified atom stereocenters. The van der Waals surface area contributed by atoms with Gasteiger partial charge in [-0.05, 0) is 24.7 Å². The predicted octanol–water partition coefficient (Wildman–Crippen LogP) is -0.159. The largest absolute Gasteiger partial charge is 0.469 e. The standard InChI is InChI=1S/C11H15NO4/c1-15-10(14)4-9(13)12-7-3-8-5-2-6(5)11(7)16-8/h5-8,11H,2-4H2,1H3,(H,12,13). The Morgan fingerprint density at radius 3 is 2.81 bits per heavy atom. The summed E-state index contributed by atoms with van der Waals surface area (Å²) < 4.78 is 10.2. The summed E-state index contributed by atoms with van der Waals surface area (Å²) in [4.78, 5) is 22.4. The van der Waals surface area contributed by atoms with Crippen LogP contribution >= 0.6 is 0 Å². The number of hydrogen-bond donors (Lipinski definition) is 1. The number of methoxy groups -OCH3 is 1. The molecule has 16 heavy (non-hydrogen) atoms. The molecular formula is C11H15NO4. The minimum atomic E-state index is -0.495. The van der Waals surface area contributed by atoms with Gasteiger partial charge in [-0.3, -0.25) is 9.59 Å². The molecule has 0 spiro atoms. The lowest BCUT2D eigenvalue weighted by Crippen LogP contribution is -2.43. The van der Waals surface area contributed by atoms with Crippen LogP contribution < -0.4 is 5.32 Å². The number of carbonyl (C=O) groups excluding carboxylic acids is 2. The van der Waals surface area contributed by atoms with Crippen LogP contribution in [0.25, 0.3) is 0 Å². The van der Waals surface area contributed by atoms with Crippen molar-refractivity contribution >= 4 is 11.9 Å². The van der Waals surface area contributed by atoms with Crippen LogP contribution in [0.5, 0.6) is 0 Å². The molecule has 3 aliphatic rings. The highest BCUT2D eigenvalue weighted by Crippen LogP contribution is 2.58. The molecule has 0 aromatic heterocycles. The first-order valence-electron chi connectivity index (χ1n) is 5.70. The first-order valence-corrected chi connectivity index (χ1v) is 5.70. The first kappa shape index (κ1) is 10.1. The van der Waals surface area contributed by atoms with Crippen molar-refractivity contribution < 1.29 is 19.1 Å². The molecular weight excluding hydrogens is 210 g/mol. The predicted molar refractivity (Wildman–Crippen MR) is 53.4 cm³/mol. The van der Waals surface area contributed by atoms with Crippen molar-refractivity contribution in [2.24, 2.45) is 11.8 Å². The minimum Gasteiger partial charge on any atom is -0.469 e. The van der Waals surface area contributed by atoms with E-state index >= 15 is 0 Å². The van der Waals surface area contributed by atoms with E-state index in [9.17, 15) is 9.59 Å². The minimum absolute atomic E-state index is 0.103. The zero-order valence-electron chi connectivity index (χ0n) is 9.14. The second-order valence-corrected chi connectivity index (χ2v) is 4.87. The van der Waals surface area contributed by atoms with Crippen molar-refractivity contribution in [3.63, 3.8) is 0 Å². The van der Waals surface area contributed by atoms with Gasteiger partial charge in [0.25, 0.3) is 0 Å². The second kappa shape index (κ2) is 3.45. The molecule has 1 saturated carbocycles. The molecule has 1 amide bonds. The highest BCUT2D eigenvalue weighted by molar-refractivity contribution is 5.94. The number of nitrogens with one attached hydrogen (secondary N) is 1. The van der Waals surface area contributed by atoms with E-state index in [1.165, 1.54) is 13.5 Å². The first-order chi connectivity index (χ1) is 7.69. The Bertz CT molecular complexity index is 343. The summed E-state index contributed by atoms with van der Waals surface area (Å²) in [5, 5.41) is 2.87. The summed E-state index contributed by atoms with van der Waals surface area (Å²) >= 11 is 0. The molecule has 0 aromatic rings. The summed E-state index contributed by atoms with van der Waals surface area (Å²) in [5.74, 6) is 0.650. The van der Waals surface area contributed by atoms with Gasteiger partial charge in [-0.15, -0.1) is 0 Å². The SMILES string of the molecule is COC(=O)CC(=O)NC1CC2OC1C1CC21. The average Bonchev–Trinajstić information content (AvgIpc) is 2.87. The Morgan fingerprint density at radius 2 is 2.19 bits per heavy atom. The lowest BCUT2D eigenvalue weighted by atomic mass is 9.95. The van der Waals surface area contributed by atoms with E-state index in [-0.39, 0.29) is 24.5 Å². The molecule has 88 valence electrons. The van der Waals surface area contributed by atoms with Crippen LogP contribution in [0, 0.1) is 11.8 Å². The van der Waals surface area contributed by atoms with Crippen molar-refractivity contribution in [2.75, 3.05) is 7.11 Å². The number of rotatable bonds is 3. The number of carbonyl (C=O) groups is 2. The Morgan fingerprint density at radius 1 is 1.38 bits per heavy atom. The van der Waals surface area contributed by atoms with Crippen molar-refractivity contribution in [1.82, 2.24) is 5.32 Å². The van der Waals surface area contributed by atoms with Gasteiger partial charge in [0.1, 0.15) is 6.42 Å². The third-order valence-corrected chi connectivity index (χ3v) is 3.88. The zero-order valence-corrected chi connectivity index (χ0v) is 9.14. The summed E-state index contributed by atoms with van der Waals surface area (Å²) in [5.41, 5.74) is 0. The summed E-state index contributed by atoms with van der Waals surface area (Å²) in [6.45, 7) is 0. The van der Waals surface area contributed by atoms with Crippen molar-refractivity contribution in [3.05, 3.63) is 0 Å². The van der Waals surface area contributed by atoms with Crippen LogP contribution in [0.2, 0.25) is 0 Å². The van der Waals surface area contributed by atoms with E-state index in [1.54, 1.807) is 0 Å². The molecule has 1 aliphatic carbocycles. The van der Waals surface area contributed by atoms with E-state index < -0.39 is 5.97 Å². The maximum absolute atomic E-state index is 11.5. The molecule has 2 saturated heterocycles. The fourth-order valence-corrected chi connectivity index (χ4v) is 3.05. The van der Waals surface area contributed by atoms with Crippen LogP contribution in [-0.4, -0.2) is 37.2 Å². The molecule has 0 aromatic carbocycles. The smallest absolute Gasteiger partial charge is 0.315 e. The van der Waals surface area contributed by atoms with Crippen LogP contribution in [0.15, 0.2) is 0 Å². The van der Waals surface area contributed by atoms with Gasteiger partial charge in [0, 0.05) is 0 Å². The molecule has 2 bridgehead atoms. The van der Waals surface area contributed by atoms with E-state index in [1.807, 2.05) is 0 Å². The van der Waals surface area contributed by atoms with Gasteiger partial charge < -0.3 is 14.8 Å². The number of hydrogen-bond acceptors (Lipinski definition) is 4. The summed E-state index contributed by atoms with van der Waals surface area (Å²) in [6, 6.07) is 0.103. The molecule has 2 aliphatic heterocycles. The van der Waals surface area contributed by atoms with Gasteiger partial charge in [-0.2, -0.15) is 0 Å². The molecule has 5 nitrogen and oxygen atoms in total. The Kier molecular flexibility index (Phi) is 2.17. The Labute approximate surface area is 93.5 Å². The summed E-state index contributed by atoms with van der Waals surface area (Å²) in [6.07, 6.45) is 2.49. The normalized spacial score (nSPS) is 42.7. The monoisotopic (exact) mass is 225 g/mol. The van der Waals surface area contributed by atoms with Crippen molar-refractivity contribution in [3.8, 4) is 0 Å². The number of amides is 1. The van der Waals surface area contributed by atoms with Gasteiger partial charge in [-0.25, -0.2) is 0 Å². The molecule has 0 radical (unpaired) electrons. The highest BCUT2D eigenvalue weighted by atomic mass is 16.5. The second-order valence-electron chi connectivity index (χ2n) is 4.87. The molecule has 3 rings (SSSR count). The van der Waals surface area contributed by atoms with Gasteiger partial charge in [0.15, 0.2) is 0 Å². The Hall–Kier alpha value is -1.10. The fraction of sp³-hybridized carbons (Fsp3) is 0.818. The highest BCUT2D eigenvalue weighted by Gasteiger charge is 2.62. The maximum Gasteiger partial charge on any atom is 0.315 e. The molecule has 5 heteroatoms. The van der Waals surface area contributed by atoms with E-state index in [2.05, 4.69) is 10.1 Å². The van der Waals surface area contributed by atoms with Gasteiger partial charge >= 0.3 is 5.97 Å². The third-order valence-electron chi connectivity index (χ3n) is 3.88. The number of esters is 1. The van der Waals surface area contributed by atoms with E-state index in [0.717, 1.165) is 12.3 Å². The molecule has 3 fully saturated rings. The van der Waals surface area contributed by atoms with E-state index in [0.29, 0.717) is 12.0 Å². The van der Waals surface area contributed by atoms with Crippen molar-refractivity contribution in [1.29, 1.82) is 0 Å². The van der Waals surface area contributed by atoms with E-state index in [4.69, 9.17) is 4.74 Å². The molecule has 1 N–H and O–H groups in total. The average molecular weight is 225 g/mol. The van der Waals surface area contributed by atoms with Crippen LogP contribution in [0.4, 0.5) is 0 Å². The molecule has 2 heterocycles. The van der Waals surface area contributed by atoms with Crippen LogP contribution in [0.1, 0.15) is 19.3 Å². The van der Waals surface area contributed by atoms with Gasteiger partial charge in [0.05, 0.1) is 25.4 Å². The van der Waals surface area contributed by atoms with Crippen LogP contribution in [0.3, 0.4) is 0 Å². The Balaban J connectivity index is 1.52. The van der Waals surface area contributed by atoms with Crippen LogP contribution in [-0.2, 0) is 19.1 Å². The summed E-state index contributed by atoms with van der Waals surface area (Å²) in [7, 11) is 1.28. The number of ether oxygens (including phenoxy) is 2. The fourth-order valence-electron chi connectivity index (χ4n) is 3.05. The topological polar surface area (TPSA) is 64.6 Å². The lowest BCUT2D eigenvalue weighted by Gasteiger charge is -2.19. The number of fused-ring (bicyclic) bond motifs is 5.